The zero-order valence-electron chi connectivity index (χ0n) is 14.7. The summed E-state index contributed by atoms with van der Waals surface area (Å²) in [7, 11) is 0. The topological polar surface area (TPSA) is 53.5 Å². The highest BCUT2D eigenvalue weighted by molar-refractivity contribution is 6.32. The molecule has 0 radical (unpaired) electrons. The number of aliphatic imine (C=N–C) groups is 1. The lowest BCUT2D eigenvalue weighted by Gasteiger charge is -2.32. The standard InChI is InChI=1S/C20H17ClF3N3O/c21-12-5-6-16-14(11-12)17(13-3-1-2-4-15(13)20(22,23)24)27-19(18(28)26-16)7-9-25-10-8-19/h1-6,11,25H,7-10H2,(H,26,28). The molecule has 2 aromatic carbocycles. The van der Waals surface area contributed by atoms with Crippen LogP contribution < -0.4 is 10.6 Å². The Kier molecular flexibility index (Phi) is 4.67. The Morgan fingerprint density at radius 3 is 2.46 bits per heavy atom. The van der Waals surface area contributed by atoms with Crippen molar-refractivity contribution in [3.05, 3.63) is 64.2 Å². The van der Waals surface area contributed by atoms with E-state index in [2.05, 4.69) is 15.6 Å². The molecule has 2 heterocycles. The van der Waals surface area contributed by atoms with Crippen LogP contribution in [-0.4, -0.2) is 30.2 Å². The number of carbonyl (C=O) groups is 1. The molecule has 2 aliphatic rings. The van der Waals surface area contributed by atoms with E-state index < -0.39 is 17.3 Å². The van der Waals surface area contributed by atoms with Crippen LogP contribution in [0.3, 0.4) is 0 Å². The zero-order valence-corrected chi connectivity index (χ0v) is 15.5. The summed E-state index contributed by atoms with van der Waals surface area (Å²) in [5.41, 5.74) is -1.06. The Labute approximate surface area is 164 Å². The second-order valence-corrected chi connectivity index (χ2v) is 7.37. The van der Waals surface area contributed by atoms with Gasteiger partial charge in [-0.25, -0.2) is 0 Å². The van der Waals surface area contributed by atoms with E-state index in [1.165, 1.54) is 18.2 Å². The highest BCUT2D eigenvalue weighted by Gasteiger charge is 2.43. The molecule has 0 aliphatic carbocycles. The summed E-state index contributed by atoms with van der Waals surface area (Å²) in [4.78, 5) is 17.7. The Hall–Kier alpha value is -2.38. The summed E-state index contributed by atoms with van der Waals surface area (Å²) in [5, 5.41) is 6.37. The number of alkyl halides is 3. The van der Waals surface area contributed by atoms with E-state index in [9.17, 15) is 18.0 Å². The number of fused-ring (bicyclic) bond motifs is 1. The fourth-order valence-electron chi connectivity index (χ4n) is 3.71. The number of rotatable bonds is 1. The normalized spacial score (nSPS) is 18.9. The summed E-state index contributed by atoms with van der Waals surface area (Å²) in [6.07, 6.45) is -3.75. The van der Waals surface area contributed by atoms with Crippen LogP contribution in [0.4, 0.5) is 18.9 Å². The van der Waals surface area contributed by atoms with Gasteiger partial charge in [-0.2, -0.15) is 13.2 Å². The van der Waals surface area contributed by atoms with Crippen LogP contribution >= 0.6 is 11.6 Å². The van der Waals surface area contributed by atoms with Crippen molar-refractivity contribution < 1.29 is 18.0 Å². The highest BCUT2D eigenvalue weighted by atomic mass is 35.5. The number of hydrogen-bond acceptors (Lipinski definition) is 3. The number of hydrogen-bond donors (Lipinski definition) is 2. The Morgan fingerprint density at radius 2 is 1.75 bits per heavy atom. The first-order chi connectivity index (χ1) is 13.3. The van der Waals surface area contributed by atoms with Gasteiger partial charge in [0.2, 0.25) is 0 Å². The Bertz CT molecular complexity index is 965. The van der Waals surface area contributed by atoms with Crippen LogP contribution in [0, 0.1) is 0 Å². The molecule has 146 valence electrons. The molecule has 0 saturated carbocycles. The van der Waals surface area contributed by atoms with Crippen LogP contribution in [0.2, 0.25) is 5.02 Å². The van der Waals surface area contributed by atoms with Crippen molar-refractivity contribution >= 4 is 28.9 Å². The van der Waals surface area contributed by atoms with Gasteiger partial charge < -0.3 is 10.6 Å². The molecule has 0 bridgehead atoms. The van der Waals surface area contributed by atoms with E-state index in [0.29, 0.717) is 42.2 Å². The summed E-state index contributed by atoms with van der Waals surface area (Å²) < 4.78 is 41.1. The average Bonchev–Trinajstić information content (AvgIpc) is 2.77. The highest BCUT2D eigenvalue weighted by Crippen LogP contribution is 2.38. The third kappa shape index (κ3) is 3.29. The monoisotopic (exact) mass is 407 g/mol. The Morgan fingerprint density at radius 1 is 1.04 bits per heavy atom. The predicted molar refractivity (Wildman–Crippen MR) is 102 cm³/mol. The van der Waals surface area contributed by atoms with E-state index >= 15 is 0 Å². The molecule has 0 unspecified atom stereocenters. The van der Waals surface area contributed by atoms with Crippen molar-refractivity contribution in [2.75, 3.05) is 18.4 Å². The van der Waals surface area contributed by atoms with Gasteiger partial charge in [-0.3, -0.25) is 9.79 Å². The number of halogens is 4. The second kappa shape index (κ2) is 6.90. The molecule has 2 N–H and O–H groups in total. The number of nitrogens with one attached hydrogen (secondary N) is 2. The van der Waals surface area contributed by atoms with Crippen LogP contribution in [0.25, 0.3) is 0 Å². The molecule has 8 heteroatoms. The molecular weight excluding hydrogens is 391 g/mol. The third-order valence-corrected chi connectivity index (χ3v) is 5.39. The molecule has 2 aliphatic heterocycles. The number of carbonyl (C=O) groups excluding carboxylic acids is 1. The van der Waals surface area contributed by atoms with Crippen molar-refractivity contribution in [1.82, 2.24) is 5.32 Å². The summed E-state index contributed by atoms with van der Waals surface area (Å²) >= 11 is 6.13. The minimum atomic E-state index is -4.55. The van der Waals surface area contributed by atoms with Gasteiger partial charge in [-0.15, -0.1) is 0 Å². The molecule has 0 atom stereocenters. The molecule has 4 nitrogen and oxygen atoms in total. The van der Waals surface area contributed by atoms with E-state index in [0.717, 1.165) is 6.07 Å². The molecular formula is C20H17ClF3N3O. The largest absolute Gasteiger partial charge is 0.417 e. The SMILES string of the molecule is O=C1Nc2ccc(Cl)cc2C(c2ccccc2C(F)(F)F)=NC12CCNCC2. The number of amides is 1. The van der Waals surface area contributed by atoms with Crippen LogP contribution in [0.1, 0.15) is 29.5 Å². The molecule has 1 amide bonds. The lowest BCUT2D eigenvalue weighted by atomic mass is 9.87. The van der Waals surface area contributed by atoms with Gasteiger partial charge in [-0.05, 0) is 50.2 Å². The second-order valence-electron chi connectivity index (χ2n) is 6.93. The van der Waals surface area contributed by atoms with Crippen LogP contribution in [-0.2, 0) is 11.0 Å². The number of piperidine rings is 1. The van der Waals surface area contributed by atoms with Gasteiger partial charge in [0.1, 0.15) is 5.54 Å². The quantitative estimate of drug-likeness (QED) is 0.741. The maximum atomic E-state index is 13.7. The zero-order chi connectivity index (χ0) is 19.9. The van der Waals surface area contributed by atoms with Gasteiger partial charge in [0, 0.05) is 16.1 Å². The lowest BCUT2D eigenvalue weighted by Crippen LogP contribution is -2.49. The molecule has 28 heavy (non-hydrogen) atoms. The maximum absolute atomic E-state index is 13.7. The first kappa shape index (κ1) is 19.0. The predicted octanol–water partition coefficient (Wildman–Crippen LogP) is 4.27. The molecule has 0 aromatic heterocycles. The lowest BCUT2D eigenvalue weighted by molar-refractivity contribution is -0.137. The van der Waals surface area contributed by atoms with E-state index in [-0.39, 0.29) is 17.2 Å². The third-order valence-electron chi connectivity index (χ3n) is 5.15. The van der Waals surface area contributed by atoms with Crippen molar-refractivity contribution in [2.24, 2.45) is 4.99 Å². The fraction of sp³-hybridized carbons (Fsp3) is 0.300. The van der Waals surface area contributed by atoms with Crippen molar-refractivity contribution in [3.8, 4) is 0 Å². The van der Waals surface area contributed by atoms with Crippen LogP contribution in [0.15, 0.2) is 47.5 Å². The fourth-order valence-corrected chi connectivity index (χ4v) is 3.88. The van der Waals surface area contributed by atoms with Gasteiger partial charge in [0.15, 0.2) is 0 Å². The number of anilines is 1. The average molecular weight is 408 g/mol. The van der Waals surface area contributed by atoms with Crippen molar-refractivity contribution in [1.29, 1.82) is 0 Å². The minimum Gasteiger partial charge on any atom is -0.323 e. The first-order valence-corrected chi connectivity index (χ1v) is 9.26. The minimum absolute atomic E-state index is 0.0621. The molecule has 4 rings (SSSR count). The van der Waals surface area contributed by atoms with Gasteiger partial charge >= 0.3 is 6.18 Å². The summed E-state index contributed by atoms with van der Waals surface area (Å²) in [6.45, 7) is 1.12. The summed E-state index contributed by atoms with van der Waals surface area (Å²) in [6, 6.07) is 10.0. The van der Waals surface area contributed by atoms with E-state index in [1.54, 1.807) is 18.2 Å². The van der Waals surface area contributed by atoms with Crippen LogP contribution in [0.5, 0.6) is 0 Å². The maximum Gasteiger partial charge on any atom is 0.417 e. The van der Waals surface area contributed by atoms with Gasteiger partial charge in [-0.1, -0.05) is 29.8 Å². The first-order valence-electron chi connectivity index (χ1n) is 8.89. The molecule has 2 aromatic rings. The van der Waals surface area contributed by atoms with Crippen molar-refractivity contribution in [3.63, 3.8) is 0 Å². The van der Waals surface area contributed by atoms with E-state index in [4.69, 9.17) is 11.6 Å². The number of nitrogens with zero attached hydrogens (tertiary/aromatic N) is 1. The smallest absolute Gasteiger partial charge is 0.323 e. The van der Waals surface area contributed by atoms with E-state index in [1.807, 2.05) is 0 Å². The Balaban J connectivity index is 2.01. The summed E-state index contributed by atoms with van der Waals surface area (Å²) in [5.74, 6) is -0.308. The van der Waals surface area contributed by atoms with Gasteiger partial charge in [0.25, 0.3) is 5.91 Å². The molecule has 1 saturated heterocycles. The van der Waals surface area contributed by atoms with Gasteiger partial charge in [0.05, 0.1) is 17.0 Å². The molecule has 1 spiro atoms. The molecule has 1 fully saturated rings. The number of benzene rings is 2. The van der Waals surface area contributed by atoms with Crippen molar-refractivity contribution in [2.45, 2.75) is 24.6 Å².